The van der Waals surface area contributed by atoms with Crippen molar-refractivity contribution in [2.24, 2.45) is 9.98 Å². The Balaban J connectivity index is -0.000000211. The minimum absolute atomic E-state index is 0. The van der Waals surface area contributed by atoms with E-state index in [0.29, 0.717) is 12.0 Å². The van der Waals surface area contributed by atoms with Crippen LogP contribution < -0.4 is 0 Å². The zero-order valence-corrected chi connectivity index (χ0v) is 23.4. The van der Waals surface area contributed by atoms with Crippen molar-refractivity contribution in [2.75, 3.05) is 0 Å². The summed E-state index contributed by atoms with van der Waals surface area (Å²) in [5.74, 6) is 0. The summed E-state index contributed by atoms with van der Waals surface area (Å²) in [6.07, 6.45) is 0. The molecule has 0 aliphatic rings. The van der Waals surface area contributed by atoms with Crippen molar-refractivity contribution in [2.45, 2.75) is 132 Å². The summed E-state index contributed by atoms with van der Waals surface area (Å²) in [5.41, 5.74) is -0.460. The molecule has 0 rings (SSSR count). The maximum atomic E-state index is 5.64. The molecule has 6 nitrogen and oxygen atoms in total. The van der Waals surface area contributed by atoms with Crippen molar-refractivity contribution >= 4 is 12.0 Å². The Hall–Kier alpha value is -0.421. The number of aliphatic imine (C=N–C) groups is 2. The second kappa shape index (κ2) is 17.2. The molecule has 0 aliphatic heterocycles. The van der Waals surface area contributed by atoms with Gasteiger partial charge in [0.25, 0.3) is 0 Å². The second-order valence-electron chi connectivity index (χ2n) is 9.89. The summed E-state index contributed by atoms with van der Waals surface area (Å²) >= 11 is 0. The number of ether oxygens (including phenoxy) is 2. The molecule has 0 aliphatic carbocycles. The molecule has 0 radical (unpaired) electrons. The van der Waals surface area contributed by atoms with Crippen LogP contribution in [0.15, 0.2) is 9.98 Å². The predicted octanol–water partition coefficient (Wildman–Crippen LogP) is 6.69. The van der Waals surface area contributed by atoms with E-state index in [0.717, 1.165) is 0 Å². The van der Waals surface area contributed by atoms with E-state index in [2.05, 4.69) is 20.6 Å². The average molecular weight is 526 g/mol. The first-order chi connectivity index (χ1) is 12.4. The molecule has 0 heterocycles. The fraction of sp³-hybridized carbons (Fsp3) is 0.909. The number of hydrogen-bond donors (Lipinski definition) is 0. The van der Waals surface area contributed by atoms with Gasteiger partial charge in [0.2, 0.25) is 0 Å². The van der Waals surface area contributed by atoms with Gasteiger partial charge >= 0.3 is 34.1 Å². The van der Waals surface area contributed by atoms with Crippen LogP contribution in [0.5, 0.6) is 0 Å². The summed E-state index contributed by atoms with van der Waals surface area (Å²) in [7, 11) is 0. The Morgan fingerprint density at radius 3 is 0.933 bits per heavy atom. The van der Waals surface area contributed by atoms with Crippen molar-refractivity contribution < 1.29 is 43.6 Å². The minimum atomic E-state index is -0.230. The molecule has 0 amide bonds. The van der Waals surface area contributed by atoms with Crippen molar-refractivity contribution in [3.8, 4) is 0 Å². The van der Waals surface area contributed by atoms with Gasteiger partial charge in [-0.15, -0.1) is 0 Å². The Bertz CT molecular complexity index is 435. The minimum Gasteiger partial charge on any atom is -0.496 e. The number of hydrogen-bond acceptors (Lipinski definition) is 4. The summed E-state index contributed by atoms with van der Waals surface area (Å²) in [4.78, 5) is 8.66. The molecule has 0 fully saturated rings. The Labute approximate surface area is 208 Å². The van der Waals surface area contributed by atoms with E-state index in [-0.39, 0.29) is 69.5 Å². The predicted molar refractivity (Wildman–Crippen MR) is 124 cm³/mol. The van der Waals surface area contributed by atoms with Crippen LogP contribution in [0.3, 0.4) is 0 Å². The fourth-order valence-corrected chi connectivity index (χ4v) is 1.60. The molecule has 0 saturated carbocycles. The van der Waals surface area contributed by atoms with Gasteiger partial charge in [0.05, 0.1) is 23.2 Å². The van der Waals surface area contributed by atoms with E-state index in [1.807, 2.05) is 96.9 Å². The van der Waals surface area contributed by atoms with Crippen molar-refractivity contribution in [1.29, 1.82) is 0 Å². The first-order valence-electron chi connectivity index (χ1n) is 10.4. The van der Waals surface area contributed by atoms with E-state index in [1.165, 1.54) is 0 Å². The first kappa shape index (κ1) is 36.9. The van der Waals surface area contributed by atoms with Gasteiger partial charge in [0.1, 0.15) is 0 Å². The monoisotopic (exact) mass is 524 g/mol. The van der Waals surface area contributed by atoms with E-state index in [1.54, 1.807) is 0 Å². The topological polar surface area (TPSA) is 71.4 Å². The third-order valence-corrected chi connectivity index (χ3v) is 2.27. The first-order valence-corrected chi connectivity index (χ1v) is 10.4. The molecule has 0 spiro atoms. The van der Waals surface area contributed by atoms with Gasteiger partial charge in [0.15, 0.2) is 0 Å². The normalized spacial score (nSPS) is 12.7. The van der Waals surface area contributed by atoms with Gasteiger partial charge in [-0.1, -0.05) is 55.4 Å². The third kappa shape index (κ3) is 29.8. The van der Waals surface area contributed by atoms with E-state index in [9.17, 15) is 0 Å². The van der Waals surface area contributed by atoms with E-state index >= 15 is 0 Å². The fourth-order valence-electron chi connectivity index (χ4n) is 1.60. The SMILES string of the molecule is CC(C)N=C([N-]C(C)C)OC(C)(C)C.CC(C)N=C([N-]C(C)C)OC(C)(C)C.[Cu+].[Cu+]. The molecule has 8 heteroatoms. The van der Waals surface area contributed by atoms with Gasteiger partial charge in [-0.05, 0) is 65.7 Å². The van der Waals surface area contributed by atoms with Crippen LogP contribution in [0.2, 0.25) is 0 Å². The molecular formula is C22H46Cu2N4O2. The quantitative estimate of drug-likeness (QED) is 0.233. The van der Waals surface area contributed by atoms with E-state index < -0.39 is 0 Å². The number of rotatable bonds is 4. The largest absolute Gasteiger partial charge is 1.00 e. The summed E-state index contributed by atoms with van der Waals surface area (Å²) < 4.78 is 11.3. The standard InChI is InChI=1S/2C11H23N2O.2Cu/c2*1-8(2)12-10(13-9(3)4)14-11(5,6)7;;/h2*8-9H,1-7H3;;/q2*-1;2*+1. The molecule has 0 atom stereocenters. The second-order valence-corrected chi connectivity index (χ2v) is 9.89. The van der Waals surface area contributed by atoms with E-state index in [4.69, 9.17) is 9.47 Å². The van der Waals surface area contributed by atoms with Crippen LogP contribution in [-0.2, 0) is 43.6 Å². The van der Waals surface area contributed by atoms with Gasteiger partial charge < -0.3 is 30.1 Å². The number of amidine groups is 2. The van der Waals surface area contributed by atoms with Crippen molar-refractivity contribution in [3.05, 3.63) is 10.6 Å². The van der Waals surface area contributed by atoms with Crippen LogP contribution in [0.25, 0.3) is 10.6 Å². The molecule has 0 bridgehead atoms. The molecule has 0 aromatic heterocycles. The van der Waals surface area contributed by atoms with Crippen molar-refractivity contribution in [1.82, 2.24) is 0 Å². The molecule has 0 aromatic rings. The van der Waals surface area contributed by atoms with Crippen molar-refractivity contribution in [3.63, 3.8) is 0 Å². The molecule has 0 N–H and O–H groups in total. The molecular weight excluding hydrogens is 479 g/mol. The zero-order valence-electron chi connectivity index (χ0n) is 21.5. The molecule has 0 aromatic carbocycles. The molecule has 0 saturated heterocycles. The zero-order chi connectivity index (χ0) is 22.7. The van der Waals surface area contributed by atoms with Gasteiger partial charge in [-0.2, -0.15) is 0 Å². The third-order valence-electron chi connectivity index (χ3n) is 2.27. The maximum Gasteiger partial charge on any atom is 1.00 e. The van der Waals surface area contributed by atoms with Crippen LogP contribution in [0, 0.1) is 0 Å². The average Bonchev–Trinajstić information content (AvgIpc) is 2.30. The Morgan fingerprint density at radius 1 is 0.567 bits per heavy atom. The van der Waals surface area contributed by atoms with Crippen LogP contribution in [-0.4, -0.2) is 47.4 Å². The van der Waals surface area contributed by atoms with Gasteiger partial charge in [-0.25, -0.2) is 0 Å². The van der Waals surface area contributed by atoms with Gasteiger partial charge in [-0.3, -0.25) is 0 Å². The Morgan fingerprint density at radius 2 is 0.800 bits per heavy atom. The van der Waals surface area contributed by atoms with Gasteiger partial charge in [0, 0.05) is 0 Å². The summed E-state index contributed by atoms with van der Waals surface area (Å²) in [5, 5.41) is 8.66. The molecule has 0 unspecified atom stereocenters. The van der Waals surface area contributed by atoms with Crippen LogP contribution in [0.4, 0.5) is 0 Å². The maximum absolute atomic E-state index is 5.64. The molecule has 30 heavy (non-hydrogen) atoms. The summed E-state index contributed by atoms with van der Waals surface area (Å²) in [6, 6.07) is 1.90. The summed E-state index contributed by atoms with van der Waals surface area (Å²) in [6.45, 7) is 28.1. The van der Waals surface area contributed by atoms with Crippen LogP contribution in [0.1, 0.15) is 96.9 Å². The smallest absolute Gasteiger partial charge is 0.496 e. The number of nitrogens with zero attached hydrogens (tertiary/aromatic N) is 4. The molecule has 188 valence electrons. The Kier molecular flexibility index (Phi) is 21.1. The van der Waals surface area contributed by atoms with Crippen LogP contribution >= 0.6 is 0 Å².